The van der Waals surface area contributed by atoms with Gasteiger partial charge < -0.3 is 0 Å². The Labute approximate surface area is 105 Å². The summed E-state index contributed by atoms with van der Waals surface area (Å²) >= 11 is 4.30. The van der Waals surface area contributed by atoms with Gasteiger partial charge in [0.1, 0.15) is 0 Å². The minimum Gasteiger partial charge on any atom is -0.261 e. The summed E-state index contributed by atoms with van der Waals surface area (Å²) in [7, 11) is -3.58. The van der Waals surface area contributed by atoms with Crippen molar-refractivity contribution < 1.29 is 8.42 Å². The Morgan fingerprint density at radius 3 is 2.75 bits per heavy atom. The van der Waals surface area contributed by atoms with Crippen LogP contribution in [-0.4, -0.2) is 18.6 Å². The van der Waals surface area contributed by atoms with Gasteiger partial charge >= 0.3 is 0 Å². The maximum Gasteiger partial charge on any atom is 0.273 e. The Morgan fingerprint density at radius 1 is 1.38 bits per heavy atom. The predicted octanol–water partition coefficient (Wildman–Crippen LogP) is 2.10. The number of anilines is 1. The van der Waals surface area contributed by atoms with E-state index in [0.717, 1.165) is 11.3 Å². The number of aromatic nitrogens is 2. The lowest BCUT2D eigenvalue weighted by molar-refractivity contribution is 0.602. The maximum absolute atomic E-state index is 11.9. The smallest absolute Gasteiger partial charge is 0.261 e. The van der Waals surface area contributed by atoms with Gasteiger partial charge in [0, 0.05) is 10.7 Å². The summed E-state index contributed by atoms with van der Waals surface area (Å²) < 4.78 is 26.9. The van der Waals surface area contributed by atoms with Crippen LogP contribution < -0.4 is 4.72 Å². The van der Waals surface area contributed by atoms with E-state index < -0.39 is 10.0 Å². The predicted molar refractivity (Wildman–Crippen MR) is 64.9 cm³/mol. The SMILES string of the molecule is O=S(=O)(Nc1cccnn1)c1sccc1Br. The van der Waals surface area contributed by atoms with Crippen molar-refractivity contribution in [2.75, 3.05) is 4.72 Å². The standard InChI is InChI=1S/C8H6BrN3O2S2/c9-6-3-5-15-8(6)16(13,14)12-7-2-1-4-10-11-7/h1-5H,(H,11,12). The molecule has 2 rings (SSSR count). The number of rotatable bonds is 3. The molecule has 0 saturated heterocycles. The molecule has 0 aliphatic carbocycles. The molecule has 16 heavy (non-hydrogen) atoms. The normalized spacial score (nSPS) is 11.3. The van der Waals surface area contributed by atoms with Crippen molar-refractivity contribution in [3.05, 3.63) is 34.2 Å². The Kier molecular flexibility index (Phi) is 3.22. The fourth-order valence-corrected chi connectivity index (χ4v) is 4.35. The first-order valence-electron chi connectivity index (χ1n) is 4.13. The lowest BCUT2D eigenvalue weighted by Crippen LogP contribution is -2.13. The molecule has 0 unspecified atom stereocenters. The van der Waals surface area contributed by atoms with Gasteiger partial charge in [-0.05, 0) is 39.5 Å². The number of halogens is 1. The van der Waals surface area contributed by atoms with Crippen molar-refractivity contribution in [1.82, 2.24) is 10.2 Å². The van der Waals surface area contributed by atoms with E-state index in [1.165, 1.54) is 12.3 Å². The van der Waals surface area contributed by atoms with Gasteiger partial charge in [0.2, 0.25) is 0 Å². The second-order valence-electron chi connectivity index (χ2n) is 2.77. The van der Waals surface area contributed by atoms with Crippen LogP contribution in [0.25, 0.3) is 0 Å². The van der Waals surface area contributed by atoms with Gasteiger partial charge in [0.05, 0.1) is 0 Å². The number of sulfonamides is 1. The van der Waals surface area contributed by atoms with Gasteiger partial charge in [0.15, 0.2) is 10.0 Å². The zero-order valence-electron chi connectivity index (χ0n) is 7.79. The first-order chi connectivity index (χ1) is 7.59. The van der Waals surface area contributed by atoms with E-state index in [4.69, 9.17) is 0 Å². The molecule has 84 valence electrons. The molecule has 0 atom stereocenters. The minimum absolute atomic E-state index is 0.197. The first kappa shape index (κ1) is 11.5. The number of hydrogen-bond donors (Lipinski definition) is 1. The van der Waals surface area contributed by atoms with Crippen LogP contribution in [0.5, 0.6) is 0 Å². The van der Waals surface area contributed by atoms with Gasteiger partial charge in [0.25, 0.3) is 10.0 Å². The third-order valence-electron chi connectivity index (χ3n) is 1.64. The molecule has 2 aromatic rings. The summed E-state index contributed by atoms with van der Waals surface area (Å²) in [5.74, 6) is 0.197. The van der Waals surface area contributed by atoms with E-state index in [1.54, 1.807) is 17.5 Å². The van der Waals surface area contributed by atoms with Crippen LogP contribution in [0.15, 0.2) is 38.5 Å². The third-order valence-corrected chi connectivity index (χ3v) is 5.66. The molecular formula is C8H6BrN3O2S2. The summed E-state index contributed by atoms with van der Waals surface area (Å²) in [6.07, 6.45) is 1.47. The lowest BCUT2D eigenvalue weighted by atomic mass is 10.6. The van der Waals surface area contributed by atoms with Gasteiger partial charge in [-0.25, -0.2) is 8.42 Å². The Hall–Kier alpha value is -0.990. The topological polar surface area (TPSA) is 72.0 Å². The third kappa shape index (κ3) is 2.39. The molecule has 0 fully saturated rings. The molecule has 0 aromatic carbocycles. The Bertz CT molecular complexity index is 582. The molecule has 0 radical (unpaired) electrons. The van der Waals surface area contributed by atoms with E-state index in [0.29, 0.717) is 4.47 Å². The lowest BCUT2D eigenvalue weighted by Gasteiger charge is -2.04. The average Bonchev–Trinajstić information content (AvgIpc) is 2.66. The Balaban J connectivity index is 2.32. The van der Waals surface area contributed by atoms with Crippen LogP contribution in [0.3, 0.4) is 0 Å². The zero-order chi connectivity index (χ0) is 11.6. The number of nitrogens with one attached hydrogen (secondary N) is 1. The van der Waals surface area contributed by atoms with Crippen LogP contribution in [-0.2, 0) is 10.0 Å². The van der Waals surface area contributed by atoms with E-state index in [2.05, 4.69) is 30.8 Å². The van der Waals surface area contributed by atoms with Crippen molar-refractivity contribution >= 4 is 43.1 Å². The molecule has 0 amide bonds. The van der Waals surface area contributed by atoms with Gasteiger partial charge in [-0.2, -0.15) is 5.10 Å². The van der Waals surface area contributed by atoms with Crippen molar-refractivity contribution in [2.45, 2.75) is 4.21 Å². The molecule has 0 spiro atoms. The maximum atomic E-state index is 11.9. The van der Waals surface area contributed by atoms with Crippen LogP contribution in [0.4, 0.5) is 5.82 Å². The second-order valence-corrected chi connectivity index (χ2v) is 6.42. The summed E-state index contributed by atoms with van der Waals surface area (Å²) in [6.45, 7) is 0. The van der Waals surface area contributed by atoms with E-state index in [1.807, 2.05) is 0 Å². The summed E-state index contributed by atoms with van der Waals surface area (Å²) in [5, 5.41) is 8.93. The van der Waals surface area contributed by atoms with Crippen LogP contribution in [0.1, 0.15) is 0 Å². The van der Waals surface area contributed by atoms with Crippen molar-refractivity contribution in [3.8, 4) is 0 Å². The van der Waals surface area contributed by atoms with Gasteiger partial charge in [-0.3, -0.25) is 4.72 Å². The highest BCUT2D eigenvalue weighted by Crippen LogP contribution is 2.28. The summed E-state index contributed by atoms with van der Waals surface area (Å²) in [4.78, 5) is 0. The molecule has 0 aliphatic heterocycles. The molecule has 2 aromatic heterocycles. The highest BCUT2D eigenvalue weighted by Gasteiger charge is 2.19. The average molecular weight is 320 g/mol. The first-order valence-corrected chi connectivity index (χ1v) is 7.29. The van der Waals surface area contributed by atoms with E-state index in [-0.39, 0.29) is 10.0 Å². The summed E-state index contributed by atoms with van der Waals surface area (Å²) in [6, 6.07) is 4.82. The largest absolute Gasteiger partial charge is 0.273 e. The van der Waals surface area contributed by atoms with Crippen molar-refractivity contribution in [3.63, 3.8) is 0 Å². The Morgan fingerprint density at radius 2 is 2.19 bits per heavy atom. The van der Waals surface area contributed by atoms with Crippen LogP contribution >= 0.6 is 27.3 Å². The molecule has 0 aliphatic rings. The van der Waals surface area contributed by atoms with E-state index >= 15 is 0 Å². The molecule has 8 heteroatoms. The molecular weight excluding hydrogens is 314 g/mol. The van der Waals surface area contributed by atoms with E-state index in [9.17, 15) is 8.42 Å². The van der Waals surface area contributed by atoms with Crippen LogP contribution in [0, 0.1) is 0 Å². The minimum atomic E-state index is -3.58. The number of hydrogen-bond acceptors (Lipinski definition) is 5. The number of nitrogens with zero attached hydrogens (tertiary/aromatic N) is 2. The highest BCUT2D eigenvalue weighted by molar-refractivity contribution is 9.10. The summed E-state index contributed by atoms with van der Waals surface area (Å²) in [5.41, 5.74) is 0. The molecule has 1 N–H and O–H groups in total. The highest BCUT2D eigenvalue weighted by atomic mass is 79.9. The van der Waals surface area contributed by atoms with Gasteiger partial charge in [-0.15, -0.1) is 16.4 Å². The molecule has 0 saturated carbocycles. The molecule has 0 bridgehead atoms. The second kappa shape index (κ2) is 4.48. The quantitative estimate of drug-likeness (QED) is 0.940. The molecule has 2 heterocycles. The zero-order valence-corrected chi connectivity index (χ0v) is 11.0. The van der Waals surface area contributed by atoms with Crippen molar-refractivity contribution in [1.29, 1.82) is 0 Å². The number of thiophene rings is 1. The monoisotopic (exact) mass is 319 g/mol. The van der Waals surface area contributed by atoms with Gasteiger partial charge in [-0.1, -0.05) is 0 Å². The van der Waals surface area contributed by atoms with Crippen LogP contribution in [0.2, 0.25) is 0 Å². The fourth-order valence-electron chi connectivity index (χ4n) is 1.01. The van der Waals surface area contributed by atoms with Crippen molar-refractivity contribution in [2.24, 2.45) is 0 Å². The fraction of sp³-hybridized carbons (Fsp3) is 0. The molecule has 5 nitrogen and oxygen atoms in total.